The summed E-state index contributed by atoms with van der Waals surface area (Å²) in [4.78, 5) is 14.5. The fraction of sp³-hybridized carbons (Fsp3) is 0.348. The number of aromatic carboxylic acids is 1. The molecule has 1 unspecified atom stereocenters. The Balaban J connectivity index is 1.77. The lowest BCUT2D eigenvalue weighted by atomic mass is 10.0. The van der Waals surface area contributed by atoms with Gasteiger partial charge in [-0.05, 0) is 39.7 Å². The molecule has 1 aliphatic heterocycles. The van der Waals surface area contributed by atoms with E-state index in [-0.39, 0.29) is 22.8 Å². The minimum absolute atomic E-state index is 0.00507. The third-order valence-electron chi connectivity index (χ3n) is 5.85. The molecule has 0 aliphatic carbocycles. The standard InChI is InChI=1S/C23H24BrFN2O5S/c1-26-18-10-17(24)22(28)16(11-27-5-7-32-8-6-27)20(18)21(23(29)30)19(26)13-33(31)12-14-3-2-4-15(25)9-14/h2-4,9-10,28H,5-8,11-13H2,1H3,(H,29,30). The molecule has 4 rings (SSSR count). The van der Waals surface area contributed by atoms with Gasteiger partial charge in [0.2, 0.25) is 0 Å². The number of phenolic OH excluding ortho intramolecular Hbond substituents is 1. The highest BCUT2D eigenvalue weighted by molar-refractivity contribution is 9.10. The van der Waals surface area contributed by atoms with Crippen molar-refractivity contribution in [3.63, 3.8) is 0 Å². The topological polar surface area (TPSA) is 92.0 Å². The molecule has 1 atom stereocenters. The Kier molecular flexibility index (Phi) is 7.18. The second-order valence-electron chi connectivity index (χ2n) is 8.01. The van der Waals surface area contributed by atoms with Gasteiger partial charge in [-0.25, -0.2) is 9.18 Å². The van der Waals surface area contributed by atoms with Gasteiger partial charge < -0.3 is 19.5 Å². The Labute approximate surface area is 201 Å². The predicted octanol–water partition coefficient (Wildman–Crippen LogP) is 3.76. The Bertz CT molecular complexity index is 1240. The first kappa shape index (κ1) is 23.9. The van der Waals surface area contributed by atoms with Gasteiger partial charge in [-0.15, -0.1) is 0 Å². The molecular weight excluding hydrogens is 515 g/mol. The lowest BCUT2D eigenvalue weighted by molar-refractivity contribution is 0.0340. The molecule has 10 heteroatoms. The van der Waals surface area contributed by atoms with Crippen molar-refractivity contribution in [2.45, 2.75) is 18.1 Å². The van der Waals surface area contributed by atoms with Crippen molar-refractivity contribution in [3.8, 4) is 5.75 Å². The summed E-state index contributed by atoms with van der Waals surface area (Å²) < 4.78 is 34.0. The van der Waals surface area contributed by atoms with E-state index in [2.05, 4.69) is 20.8 Å². The highest BCUT2D eigenvalue weighted by atomic mass is 79.9. The summed E-state index contributed by atoms with van der Waals surface area (Å²) in [6.45, 7) is 2.85. The number of morpholine rings is 1. The van der Waals surface area contributed by atoms with Crippen LogP contribution in [-0.2, 0) is 40.6 Å². The van der Waals surface area contributed by atoms with Crippen LogP contribution in [0.2, 0.25) is 0 Å². The van der Waals surface area contributed by atoms with Gasteiger partial charge in [0.05, 0.1) is 34.5 Å². The summed E-state index contributed by atoms with van der Waals surface area (Å²) in [6, 6.07) is 7.57. The molecule has 1 fully saturated rings. The van der Waals surface area contributed by atoms with Crippen LogP contribution in [0.4, 0.5) is 4.39 Å². The summed E-state index contributed by atoms with van der Waals surface area (Å²) in [5.41, 5.74) is 2.14. The summed E-state index contributed by atoms with van der Waals surface area (Å²) in [5, 5.41) is 21.4. The number of aryl methyl sites for hydroxylation is 1. The number of hydrogen-bond donors (Lipinski definition) is 2. The van der Waals surface area contributed by atoms with E-state index in [1.807, 2.05) is 0 Å². The molecule has 0 radical (unpaired) electrons. The quantitative estimate of drug-likeness (QED) is 0.475. The number of carbonyl (C=O) groups is 1. The Morgan fingerprint density at radius 1 is 1.24 bits per heavy atom. The van der Waals surface area contributed by atoms with Crippen molar-refractivity contribution in [2.75, 3.05) is 26.3 Å². The van der Waals surface area contributed by atoms with Crippen LogP contribution in [0.3, 0.4) is 0 Å². The third kappa shape index (κ3) is 4.98. The lowest BCUT2D eigenvalue weighted by Crippen LogP contribution is -2.35. The maximum atomic E-state index is 13.5. The number of carboxylic acids is 1. The van der Waals surface area contributed by atoms with E-state index >= 15 is 0 Å². The van der Waals surface area contributed by atoms with Gasteiger partial charge in [-0.2, -0.15) is 0 Å². The van der Waals surface area contributed by atoms with Gasteiger partial charge in [0, 0.05) is 59.9 Å². The van der Waals surface area contributed by atoms with E-state index in [1.54, 1.807) is 29.8 Å². The van der Waals surface area contributed by atoms with Gasteiger partial charge in [-0.3, -0.25) is 9.11 Å². The van der Waals surface area contributed by atoms with Gasteiger partial charge in [-0.1, -0.05) is 12.1 Å². The minimum Gasteiger partial charge on any atom is -0.506 e. The molecule has 0 bridgehead atoms. The average Bonchev–Trinajstić information content (AvgIpc) is 3.03. The van der Waals surface area contributed by atoms with Crippen LogP contribution >= 0.6 is 15.9 Å². The second kappa shape index (κ2) is 9.92. The van der Waals surface area contributed by atoms with Gasteiger partial charge >= 0.3 is 5.97 Å². The van der Waals surface area contributed by atoms with Gasteiger partial charge in [0.15, 0.2) is 0 Å². The van der Waals surface area contributed by atoms with Crippen molar-refractivity contribution in [3.05, 3.63) is 63.0 Å². The fourth-order valence-electron chi connectivity index (χ4n) is 4.23. The molecule has 0 amide bonds. The molecular formula is C23H24BrFN2O5S. The number of aromatic hydroxyl groups is 1. The van der Waals surface area contributed by atoms with Crippen molar-refractivity contribution in [2.24, 2.45) is 7.05 Å². The molecule has 3 aromatic rings. The Morgan fingerprint density at radius 2 is 1.97 bits per heavy atom. The molecule has 176 valence electrons. The van der Waals surface area contributed by atoms with Crippen molar-refractivity contribution in [1.82, 2.24) is 9.47 Å². The zero-order chi connectivity index (χ0) is 23.7. The van der Waals surface area contributed by atoms with E-state index in [9.17, 15) is 23.6 Å². The molecule has 2 N–H and O–H groups in total. The predicted molar refractivity (Wildman–Crippen MR) is 127 cm³/mol. The molecule has 0 spiro atoms. The van der Waals surface area contributed by atoms with Crippen LogP contribution in [0, 0.1) is 5.82 Å². The van der Waals surface area contributed by atoms with E-state index < -0.39 is 22.6 Å². The second-order valence-corrected chi connectivity index (χ2v) is 10.3. The number of aromatic nitrogens is 1. The summed E-state index contributed by atoms with van der Waals surface area (Å²) in [6.07, 6.45) is 0. The summed E-state index contributed by atoms with van der Waals surface area (Å²) in [5.74, 6) is -1.47. The zero-order valence-electron chi connectivity index (χ0n) is 18.0. The van der Waals surface area contributed by atoms with Crippen LogP contribution < -0.4 is 0 Å². The highest BCUT2D eigenvalue weighted by Gasteiger charge is 2.28. The normalized spacial score (nSPS) is 15.7. The molecule has 7 nitrogen and oxygen atoms in total. The Morgan fingerprint density at radius 3 is 2.64 bits per heavy atom. The molecule has 1 aliphatic rings. The van der Waals surface area contributed by atoms with Crippen molar-refractivity contribution in [1.29, 1.82) is 0 Å². The number of carboxylic acid groups (broad SMARTS) is 1. The first-order valence-electron chi connectivity index (χ1n) is 10.4. The fourth-order valence-corrected chi connectivity index (χ4v) is 5.98. The van der Waals surface area contributed by atoms with Crippen LogP contribution in [0.1, 0.15) is 27.2 Å². The maximum absolute atomic E-state index is 13.5. The molecule has 1 aromatic heterocycles. The van der Waals surface area contributed by atoms with Crippen molar-refractivity contribution < 1.29 is 28.3 Å². The molecule has 0 saturated carbocycles. The molecule has 1 saturated heterocycles. The number of rotatable bonds is 7. The number of nitrogens with zero attached hydrogens (tertiary/aromatic N) is 2. The smallest absolute Gasteiger partial charge is 0.338 e. The monoisotopic (exact) mass is 538 g/mol. The number of ether oxygens (including phenoxy) is 1. The van der Waals surface area contributed by atoms with Crippen LogP contribution in [0.15, 0.2) is 34.8 Å². The van der Waals surface area contributed by atoms with Gasteiger partial charge in [0.25, 0.3) is 0 Å². The van der Waals surface area contributed by atoms with E-state index in [4.69, 9.17) is 4.74 Å². The lowest BCUT2D eigenvalue weighted by Gasteiger charge is -2.27. The molecule has 33 heavy (non-hydrogen) atoms. The number of phenols is 1. The first-order chi connectivity index (χ1) is 15.8. The number of hydrogen-bond acceptors (Lipinski definition) is 5. The summed E-state index contributed by atoms with van der Waals surface area (Å²) in [7, 11) is 0.258. The van der Waals surface area contributed by atoms with Gasteiger partial charge in [0.1, 0.15) is 11.6 Å². The van der Waals surface area contributed by atoms with E-state index in [1.165, 1.54) is 12.1 Å². The van der Waals surface area contributed by atoms with E-state index in [0.717, 1.165) is 0 Å². The third-order valence-corrected chi connectivity index (χ3v) is 7.71. The zero-order valence-corrected chi connectivity index (χ0v) is 20.4. The van der Waals surface area contributed by atoms with Crippen molar-refractivity contribution >= 4 is 43.6 Å². The number of benzene rings is 2. The minimum atomic E-state index is -1.47. The number of halogens is 2. The van der Waals surface area contributed by atoms with Crippen LogP contribution in [0.5, 0.6) is 5.75 Å². The largest absolute Gasteiger partial charge is 0.506 e. The van der Waals surface area contributed by atoms with Crippen LogP contribution in [0.25, 0.3) is 10.9 Å². The molecule has 2 heterocycles. The number of fused-ring (bicyclic) bond motifs is 1. The summed E-state index contributed by atoms with van der Waals surface area (Å²) >= 11 is 3.39. The Hall–Kier alpha value is -2.27. The van der Waals surface area contributed by atoms with Crippen LogP contribution in [-0.4, -0.2) is 56.2 Å². The average molecular weight is 539 g/mol. The van der Waals surface area contributed by atoms with E-state index in [0.29, 0.717) is 65.0 Å². The maximum Gasteiger partial charge on any atom is 0.338 e. The SMILES string of the molecule is Cn1c(CS(=O)Cc2cccc(F)c2)c(C(=O)O)c2c(CN3CCOCC3)c(O)c(Br)cc21. The first-order valence-corrected chi connectivity index (χ1v) is 12.7. The highest BCUT2D eigenvalue weighted by Crippen LogP contribution is 2.40. The molecule has 2 aromatic carbocycles.